The third kappa shape index (κ3) is 4.26. The number of aryl methyl sites for hydroxylation is 2. The van der Waals surface area contributed by atoms with Crippen LogP contribution in [0.25, 0.3) is 0 Å². The minimum atomic E-state index is -0.108. The highest BCUT2D eigenvalue weighted by Gasteiger charge is 2.18. The fraction of sp³-hybridized carbons (Fsp3) is 0.467. The van der Waals surface area contributed by atoms with Gasteiger partial charge in [0.05, 0.1) is 6.42 Å². The van der Waals surface area contributed by atoms with E-state index in [-0.39, 0.29) is 17.8 Å². The molecule has 1 amide bonds. The predicted octanol–water partition coefficient (Wildman–Crippen LogP) is 1.83. The van der Waals surface area contributed by atoms with Crippen molar-refractivity contribution in [1.29, 1.82) is 0 Å². The first kappa shape index (κ1) is 16.0. The number of carbonyl (C=O) groups is 1. The predicted molar refractivity (Wildman–Crippen MR) is 79.9 cm³/mol. The highest BCUT2D eigenvalue weighted by Crippen LogP contribution is 2.13. The number of hydrogen-bond donors (Lipinski definition) is 2. The van der Waals surface area contributed by atoms with Crippen molar-refractivity contribution in [1.82, 2.24) is 4.90 Å². The van der Waals surface area contributed by atoms with Gasteiger partial charge in [0.1, 0.15) is 5.84 Å². The molecule has 0 fully saturated rings. The second-order valence-electron chi connectivity index (χ2n) is 5.26. The first-order valence-corrected chi connectivity index (χ1v) is 6.63. The topological polar surface area (TPSA) is 78.9 Å². The molecule has 0 bridgehead atoms. The van der Waals surface area contributed by atoms with Crippen LogP contribution in [0.1, 0.15) is 30.0 Å². The number of rotatable bonds is 5. The first-order chi connectivity index (χ1) is 9.35. The molecule has 0 radical (unpaired) electrons. The SMILES string of the molecule is Cc1ccc(C)c(CC(=O)N(C)C(C)CC(N)=NO)c1. The molecule has 0 aliphatic carbocycles. The van der Waals surface area contributed by atoms with Crippen molar-refractivity contribution in [2.24, 2.45) is 10.9 Å². The zero-order chi connectivity index (χ0) is 15.3. The minimum absolute atomic E-state index is 0.0249. The first-order valence-electron chi connectivity index (χ1n) is 6.63. The van der Waals surface area contributed by atoms with E-state index in [4.69, 9.17) is 10.9 Å². The normalized spacial score (nSPS) is 13.1. The zero-order valence-electron chi connectivity index (χ0n) is 12.6. The number of carbonyl (C=O) groups excluding carboxylic acids is 1. The van der Waals surface area contributed by atoms with Crippen molar-refractivity contribution in [3.63, 3.8) is 0 Å². The molecule has 1 atom stereocenters. The molecule has 0 heterocycles. The summed E-state index contributed by atoms with van der Waals surface area (Å²) >= 11 is 0. The van der Waals surface area contributed by atoms with Crippen LogP contribution in [0, 0.1) is 13.8 Å². The maximum absolute atomic E-state index is 12.3. The van der Waals surface area contributed by atoms with Crippen molar-refractivity contribution >= 4 is 11.7 Å². The number of benzene rings is 1. The second-order valence-corrected chi connectivity index (χ2v) is 5.26. The van der Waals surface area contributed by atoms with Gasteiger partial charge in [-0.2, -0.15) is 0 Å². The van der Waals surface area contributed by atoms with Gasteiger partial charge in [0.15, 0.2) is 0 Å². The van der Waals surface area contributed by atoms with Crippen LogP contribution >= 0.6 is 0 Å². The van der Waals surface area contributed by atoms with E-state index in [1.807, 2.05) is 39.0 Å². The molecule has 0 aliphatic rings. The Hall–Kier alpha value is -2.04. The molecule has 1 aromatic carbocycles. The summed E-state index contributed by atoms with van der Waals surface area (Å²) in [6.07, 6.45) is 0.718. The fourth-order valence-electron chi connectivity index (χ4n) is 2.00. The van der Waals surface area contributed by atoms with Crippen LogP contribution in [-0.2, 0) is 11.2 Å². The molecular formula is C15H23N3O2. The monoisotopic (exact) mass is 277 g/mol. The molecule has 1 rings (SSSR count). The van der Waals surface area contributed by atoms with Crippen LogP contribution in [0.3, 0.4) is 0 Å². The highest BCUT2D eigenvalue weighted by atomic mass is 16.4. The lowest BCUT2D eigenvalue weighted by Crippen LogP contribution is -2.38. The highest BCUT2D eigenvalue weighted by molar-refractivity contribution is 5.82. The zero-order valence-corrected chi connectivity index (χ0v) is 12.6. The number of oxime groups is 1. The fourth-order valence-corrected chi connectivity index (χ4v) is 2.00. The van der Waals surface area contributed by atoms with Gasteiger partial charge in [-0.05, 0) is 31.9 Å². The Morgan fingerprint density at radius 3 is 2.70 bits per heavy atom. The Bertz CT molecular complexity index is 512. The van der Waals surface area contributed by atoms with Gasteiger partial charge in [0.2, 0.25) is 5.91 Å². The third-order valence-corrected chi connectivity index (χ3v) is 3.53. The Balaban J connectivity index is 2.72. The summed E-state index contributed by atoms with van der Waals surface area (Å²) in [7, 11) is 1.74. The average Bonchev–Trinajstić information content (AvgIpc) is 2.41. The number of nitrogens with zero attached hydrogens (tertiary/aromatic N) is 2. The van der Waals surface area contributed by atoms with Gasteiger partial charge < -0.3 is 15.8 Å². The van der Waals surface area contributed by atoms with Crippen LogP contribution in [0.15, 0.2) is 23.4 Å². The van der Waals surface area contributed by atoms with E-state index < -0.39 is 0 Å². The minimum Gasteiger partial charge on any atom is -0.409 e. The van der Waals surface area contributed by atoms with E-state index in [0.717, 1.165) is 16.7 Å². The largest absolute Gasteiger partial charge is 0.409 e. The van der Waals surface area contributed by atoms with Gasteiger partial charge in [-0.1, -0.05) is 28.9 Å². The smallest absolute Gasteiger partial charge is 0.226 e. The molecule has 0 saturated heterocycles. The number of hydrogen-bond acceptors (Lipinski definition) is 3. The Labute approximate surface area is 120 Å². The molecule has 5 heteroatoms. The molecule has 1 unspecified atom stereocenters. The molecule has 0 spiro atoms. The lowest BCUT2D eigenvalue weighted by Gasteiger charge is -2.25. The molecule has 1 aromatic rings. The molecule has 0 aliphatic heterocycles. The van der Waals surface area contributed by atoms with Gasteiger partial charge in [-0.15, -0.1) is 0 Å². The Kier molecular flexibility index (Phi) is 5.55. The maximum atomic E-state index is 12.3. The standard InChI is InChI=1S/C15H23N3O2/c1-10-5-6-11(2)13(7-10)9-15(19)18(4)12(3)8-14(16)17-20/h5-7,12,20H,8-9H2,1-4H3,(H2,16,17). The van der Waals surface area contributed by atoms with Crippen LogP contribution in [0.5, 0.6) is 0 Å². The summed E-state index contributed by atoms with van der Waals surface area (Å²) in [6, 6.07) is 5.99. The van der Waals surface area contributed by atoms with Gasteiger partial charge in [0.25, 0.3) is 0 Å². The lowest BCUT2D eigenvalue weighted by atomic mass is 10.0. The van der Waals surface area contributed by atoms with Crippen LogP contribution in [0.4, 0.5) is 0 Å². The van der Waals surface area contributed by atoms with Gasteiger partial charge in [-0.3, -0.25) is 4.79 Å². The quantitative estimate of drug-likeness (QED) is 0.373. The lowest BCUT2D eigenvalue weighted by molar-refractivity contribution is -0.130. The van der Waals surface area contributed by atoms with E-state index in [1.165, 1.54) is 0 Å². The molecule has 5 nitrogen and oxygen atoms in total. The average molecular weight is 277 g/mol. The number of amides is 1. The molecular weight excluding hydrogens is 254 g/mol. The van der Waals surface area contributed by atoms with Crippen LogP contribution < -0.4 is 5.73 Å². The van der Waals surface area contributed by atoms with E-state index in [2.05, 4.69) is 5.16 Å². The molecule has 3 N–H and O–H groups in total. The molecule has 0 aromatic heterocycles. The summed E-state index contributed by atoms with van der Waals surface area (Å²) in [5, 5.41) is 11.5. The summed E-state index contributed by atoms with van der Waals surface area (Å²) in [6.45, 7) is 5.89. The van der Waals surface area contributed by atoms with Gasteiger partial charge in [0, 0.05) is 19.5 Å². The van der Waals surface area contributed by atoms with Crippen LogP contribution in [0.2, 0.25) is 0 Å². The number of nitrogens with two attached hydrogens (primary N) is 1. The summed E-state index contributed by atoms with van der Waals surface area (Å²) < 4.78 is 0. The van der Waals surface area contributed by atoms with E-state index in [1.54, 1.807) is 11.9 Å². The molecule has 110 valence electrons. The summed E-state index contributed by atoms with van der Waals surface area (Å²) in [4.78, 5) is 13.9. The van der Waals surface area contributed by atoms with Crippen LogP contribution in [-0.4, -0.2) is 34.9 Å². The van der Waals surface area contributed by atoms with Crippen molar-refractivity contribution in [3.8, 4) is 0 Å². The molecule has 0 saturated carbocycles. The van der Waals surface area contributed by atoms with Crippen molar-refractivity contribution in [3.05, 3.63) is 34.9 Å². The summed E-state index contributed by atoms with van der Waals surface area (Å²) in [5.41, 5.74) is 8.77. The summed E-state index contributed by atoms with van der Waals surface area (Å²) in [5.74, 6) is 0.154. The number of amidine groups is 1. The van der Waals surface area contributed by atoms with E-state index >= 15 is 0 Å². The third-order valence-electron chi connectivity index (χ3n) is 3.53. The molecule has 20 heavy (non-hydrogen) atoms. The Morgan fingerprint density at radius 1 is 1.45 bits per heavy atom. The van der Waals surface area contributed by atoms with Gasteiger partial charge in [-0.25, -0.2) is 0 Å². The second kappa shape index (κ2) is 6.93. The maximum Gasteiger partial charge on any atom is 0.226 e. The Morgan fingerprint density at radius 2 is 2.10 bits per heavy atom. The number of likely N-dealkylation sites (N-methyl/N-ethyl adjacent to an activating group) is 1. The van der Waals surface area contributed by atoms with Crippen molar-refractivity contribution < 1.29 is 10.0 Å². The van der Waals surface area contributed by atoms with E-state index in [9.17, 15) is 4.79 Å². The van der Waals surface area contributed by atoms with Crippen molar-refractivity contribution in [2.45, 2.75) is 39.7 Å². The van der Waals surface area contributed by atoms with Crippen molar-refractivity contribution in [2.75, 3.05) is 7.05 Å². The van der Waals surface area contributed by atoms with E-state index in [0.29, 0.717) is 12.8 Å². The van der Waals surface area contributed by atoms with Gasteiger partial charge >= 0.3 is 0 Å².